The lowest BCUT2D eigenvalue weighted by atomic mass is 10.3. The molecule has 0 bridgehead atoms. The average molecular weight is 367 g/mol. The van der Waals surface area contributed by atoms with Crippen molar-refractivity contribution >= 4 is 35.3 Å². The molecule has 4 amide bonds. The molecule has 0 fully saturated rings. The highest BCUT2D eigenvalue weighted by Crippen LogP contribution is 2.24. The van der Waals surface area contributed by atoms with Gasteiger partial charge in [-0.05, 0) is 31.7 Å². The quantitative estimate of drug-likeness (QED) is 0.503. The van der Waals surface area contributed by atoms with Crippen LogP contribution >= 0.6 is 11.8 Å². The number of anilines is 1. The zero-order chi connectivity index (χ0) is 18.8. The summed E-state index contributed by atoms with van der Waals surface area (Å²) in [6.45, 7) is 3.96. The second-order valence-corrected chi connectivity index (χ2v) is 6.74. The molecule has 0 radical (unpaired) electrons. The van der Waals surface area contributed by atoms with Gasteiger partial charge in [0.2, 0.25) is 0 Å². The Morgan fingerprint density at radius 1 is 1.16 bits per heavy atom. The molecular formula is C17H27N4O3S+. The van der Waals surface area contributed by atoms with Crippen LogP contribution in [-0.2, 0) is 9.59 Å². The van der Waals surface area contributed by atoms with Crippen LogP contribution in [0.4, 0.5) is 10.5 Å². The van der Waals surface area contributed by atoms with Crippen molar-refractivity contribution in [3.05, 3.63) is 24.3 Å². The molecule has 0 aromatic heterocycles. The molecule has 0 aliphatic heterocycles. The summed E-state index contributed by atoms with van der Waals surface area (Å²) in [5.74, 6) is -0.605. The number of likely N-dealkylation sites (N-methyl/N-ethyl adjacent to an activating group) is 1. The van der Waals surface area contributed by atoms with Gasteiger partial charge in [0.15, 0.2) is 13.1 Å². The van der Waals surface area contributed by atoms with Crippen LogP contribution in [0.15, 0.2) is 29.2 Å². The molecule has 0 aliphatic rings. The van der Waals surface area contributed by atoms with E-state index in [-0.39, 0.29) is 25.0 Å². The number of benzene rings is 1. The maximum Gasteiger partial charge on any atom is 0.321 e. The molecule has 0 saturated heterocycles. The third kappa shape index (κ3) is 8.04. The Labute approximate surface area is 152 Å². The number of carbonyl (C=O) groups excluding carboxylic acids is 3. The van der Waals surface area contributed by atoms with E-state index in [1.165, 1.54) is 0 Å². The number of para-hydroxylation sites is 1. The van der Waals surface area contributed by atoms with E-state index in [0.29, 0.717) is 4.90 Å². The lowest BCUT2D eigenvalue weighted by Gasteiger charge is -2.15. The number of quaternary nitrogens is 1. The van der Waals surface area contributed by atoms with Crippen LogP contribution in [0.2, 0.25) is 0 Å². The zero-order valence-corrected chi connectivity index (χ0v) is 16.0. The van der Waals surface area contributed by atoms with Gasteiger partial charge in [0.1, 0.15) is 0 Å². The van der Waals surface area contributed by atoms with Gasteiger partial charge >= 0.3 is 6.03 Å². The van der Waals surface area contributed by atoms with E-state index >= 15 is 0 Å². The van der Waals surface area contributed by atoms with Crippen molar-refractivity contribution in [1.82, 2.24) is 10.6 Å². The predicted molar refractivity (Wildman–Crippen MR) is 99.9 cm³/mol. The highest BCUT2D eigenvalue weighted by molar-refractivity contribution is 7.98. The molecule has 0 spiro atoms. The number of amides is 4. The summed E-state index contributed by atoms with van der Waals surface area (Å²) in [6.07, 6.45) is 2.72. The van der Waals surface area contributed by atoms with Gasteiger partial charge in [-0.1, -0.05) is 19.1 Å². The number of rotatable bonds is 8. The lowest BCUT2D eigenvalue weighted by molar-refractivity contribution is -0.862. The maximum absolute atomic E-state index is 12.1. The molecule has 2 atom stereocenters. The van der Waals surface area contributed by atoms with E-state index in [9.17, 15) is 14.4 Å². The number of thioether (sulfide) groups is 1. The van der Waals surface area contributed by atoms with Gasteiger partial charge in [0.05, 0.1) is 12.7 Å². The molecule has 7 nitrogen and oxygen atoms in total. The van der Waals surface area contributed by atoms with Crippen molar-refractivity contribution in [2.45, 2.75) is 31.2 Å². The largest absolute Gasteiger partial charge is 0.335 e. The van der Waals surface area contributed by atoms with Crippen LogP contribution in [0.5, 0.6) is 0 Å². The van der Waals surface area contributed by atoms with Crippen LogP contribution < -0.4 is 20.9 Å². The van der Waals surface area contributed by atoms with Crippen molar-refractivity contribution in [1.29, 1.82) is 0 Å². The Bertz CT molecular complexity index is 609. The monoisotopic (exact) mass is 367 g/mol. The van der Waals surface area contributed by atoms with E-state index < -0.39 is 11.9 Å². The number of nitrogens with one attached hydrogen (secondary N) is 4. The van der Waals surface area contributed by atoms with E-state index in [0.717, 1.165) is 17.0 Å². The van der Waals surface area contributed by atoms with Crippen LogP contribution in [0.1, 0.15) is 20.3 Å². The topological polar surface area (TPSA) is 91.7 Å². The van der Waals surface area contributed by atoms with Gasteiger partial charge in [-0.2, -0.15) is 0 Å². The molecule has 1 aromatic rings. The summed E-state index contributed by atoms with van der Waals surface area (Å²) in [6, 6.07) is 7.03. The summed E-state index contributed by atoms with van der Waals surface area (Å²) in [7, 11) is 1.73. The zero-order valence-electron chi connectivity index (χ0n) is 15.1. The molecule has 1 rings (SSSR count). The summed E-state index contributed by atoms with van der Waals surface area (Å²) >= 11 is 1.55. The molecule has 0 aliphatic carbocycles. The van der Waals surface area contributed by atoms with Crippen molar-refractivity contribution in [3.63, 3.8) is 0 Å². The average Bonchev–Trinajstić information content (AvgIpc) is 2.54. The Morgan fingerprint density at radius 3 is 2.44 bits per heavy atom. The number of carbonyl (C=O) groups is 3. The van der Waals surface area contributed by atoms with Gasteiger partial charge in [0, 0.05) is 10.9 Å². The highest BCUT2D eigenvalue weighted by atomic mass is 32.2. The Morgan fingerprint density at radius 2 is 1.80 bits per heavy atom. The molecule has 0 heterocycles. The minimum absolute atomic E-state index is 0.000146. The summed E-state index contributed by atoms with van der Waals surface area (Å²) in [5.41, 5.74) is 0.755. The number of urea groups is 1. The SMILES string of the molecule is CC[C@@H](C)NC(=O)NC(=O)C[NH+](C)CC(=O)Nc1ccccc1SC. The third-order valence-corrected chi connectivity index (χ3v) is 4.34. The fourth-order valence-corrected chi connectivity index (χ4v) is 2.64. The van der Waals surface area contributed by atoms with Crippen molar-refractivity contribution in [2.24, 2.45) is 0 Å². The summed E-state index contributed by atoms with van der Waals surface area (Å²) in [4.78, 5) is 37.2. The van der Waals surface area contributed by atoms with Crippen LogP contribution in [0.3, 0.4) is 0 Å². The Kier molecular flexibility index (Phi) is 9.01. The smallest absolute Gasteiger partial charge is 0.321 e. The molecular weight excluding hydrogens is 340 g/mol. The second kappa shape index (κ2) is 10.7. The lowest BCUT2D eigenvalue weighted by Crippen LogP contribution is -3.11. The van der Waals surface area contributed by atoms with Gasteiger partial charge in [-0.15, -0.1) is 11.8 Å². The highest BCUT2D eigenvalue weighted by Gasteiger charge is 2.17. The Balaban J connectivity index is 2.42. The van der Waals surface area contributed by atoms with Gasteiger partial charge in [0.25, 0.3) is 11.8 Å². The van der Waals surface area contributed by atoms with Crippen molar-refractivity contribution < 1.29 is 19.3 Å². The molecule has 8 heteroatoms. The summed E-state index contributed by atoms with van der Waals surface area (Å²) < 4.78 is 0. The fourth-order valence-electron chi connectivity index (χ4n) is 2.09. The van der Waals surface area contributed by atoms with Crippen molar-refractivity contribution in [2.75, 3.05) is 31.7 Å². The van der Waals surface area contributed by atoms with Crippen LogP contribution in [0, 0.1) is 0 Å². The Hall–Kier alpha value is -2.06. The van der Waals surface area contributed by atoms with Gasteiger partial charge < -0.3 is 15.5 Å². The molecule has 1 unspecified atom stereocenters. The number of hydrogen-bond acceptors (Lipinski definition) is 4. The minimum Gasteiger partial charge on any atom is -0.335 e. The predicted octanol–water partition coefficient (Wildman–Crippen LogP) is 0.486. The van der Waals surface area contributed by atoms with Gasteiger partial charge in [-0.3, -0.25) is 14.9 Å². The number of hydrogen-bond donors (Lipinski definition) is 4. The minimum atomic E-state index is -0.509. The van der Waals surface area contributed by atoms with E-state index in [4.69, 9.17) is 0 Å². The van der Waals surface area contributed by atoms with Gasteiger partial charge in [-0.25, -0.2) is 4.79 Å². The molecule has 138 valence electrons. The third-order valence-electron chi connectivity index (χ3n) is 3.55. The van der Waals surface area contributed by atoms with Crippen LogP contribution in [0.25, 0.3) is 0 Å². The molecule has 4 N–H and O–H groups in total. The molecule has 0 saturated carbocycles. The first kappa shape index (κ1) is 21.0. The number of imide groups is 1. The standard InChI is InChI=1S/C17H26N4O3S/c1-5-12(2)18-17(24)20-16(23)11-21(3)10-15(22)19-13-8-6-7-9-14(13)25-4/h6-9,12H,5,10-11H2,1-4H3,(H,19,22)(H2,18,20,23,24)/p+1/t12-/m1/s1. The molecule has 25 heavy (non-hydrogen) atoms. The summed E-state index contributed by atoms with van der Waals surface area (Å²) in [5, 5.41) is 7.78. The fraction of sp³-hybridized carbons (Fsp3) is 0.471. The van der Waals surface area contributed by atoms with Crippen molar-refractivity contribution in [3.8, 4) is 0 Å². The van der Waals surface area contributed by atoms with E-state index in [1.807, 2.05) is 44.4 Å². The van der Waals surface area contributed by atoms with E-state index in [2.05, 4.69) is 16.0 Å². The van der Waals surface area contributed by atoms with Crippen LogP contribution in [-0.4, -0.2) is 50.3 Å². The normalized spacial score (nSPS) is 12.8. The van der Waals surface area contributed by atoms with E-state index in [1.54, 1.807) is 18.8 Å². The second-order valence-electron chi connectivity index (χ2n) is 5.89. The maximum atomic E-state index is 12.1. The first-order valence-corrected chi connectivity index (χ1v) is 9.42. The molecule has 1 aromatic carbocycles. The first-order chi connectivity index (χ1) is 11.8. The first-order valence-electron chi connectivity index (χ1n) is 8.20.